The van der Waals surface area contributed by atoms with E-state index in [1.165, 1.54) is 0 Å². The number of amides is 3. The minimum absolute atomic E-state index is 0.0310. The maximum atomic E-state index is 13.1. The maximum Gasteiger partial charge on any atom is 0.404 e. The van der Waals surface area contributed by atoms with Crippen molar-refractivity contribution in [3.05, 3.63) is 75.5 Å². The third-order valence-electron chi connectivity index (χ3n) is 5.90. The number of urea groups is 1. The van der Waals surface area contributed by atoms with Gasteiger partial charge in [0.05, 0.1) is 5.52 Å². The number of carbonyl (C=O) groups excluding carboxylic acids is 1. The van der Waals surface area contributed by atoms with Crippen molar-refractivity contribution >= 4 is 34.6 Å². The zero-order chi connectivity index (χ0) is 23.4. The van der Waals surface area contributed by atoms with E-state index in [9.17, 15) is 14.4 Å². The van der Waals surface area contributed by atoms with E-state index in [0.717, 1.165) is 5.69 Å². The second kappa shape index (κ2) is 9.95. The molecule has 3 aromatic rings. The van der Waals surface area contributed by atoms with E-state index in [0.29, 0.717) is 47.2 Å². The van der Waals surface area contributed by atoms with Crippen molar-refractivity contribution in [1.82, 2.24) is 20.5 Å². The Morgan fingerprint density at radius 2 is 1.67 bits per heavy atom. The number of carboxylic acid groups (broad SMARTS) is 1. The lowest BCUT2D eigenvalue weighted by molar-refractivity contribution is 0.183. The number of aromatic nitrogens is 1. The summed E-state index contributed by atoms with van der Waals surface area (Å²) in [6, 6.07) is 14.3. The molecule has 1 fully saturated rings. The van der Waals surface area contributed by atoms with Crippen LogP contribution in [0.4, 0.5) is 9.59 Å². The molecular weight excluding hydrogens is 444 g/mol. The van der Waals surface area contributed by atoms with Crippen molar-refractivity contribution in [3.8, 4) is 5.69 Å². The Hall–Kier alpha value is -3.52. The molecule has 9 heteroatoms. The van der Waals surface area contributed by atoms with Gasteiger partial charge in [-0.2, -0.15) is 0 Å². The van der Waals surface area contributed by atoms with Crippen molar-refractivity contribution in [2.24, 2.45) is 0 Å². The largest absolute Gasteiger partial charge is 0.465 e. The second-order valence-corrected chi connectivity index (χ2v) is 8.61. The predicted molar refractivity (Wildman–Crippen MR) is 127 cm³/mol. The molecule has 0 spiro atoms. The summed E-state index contributed by atoms with van der Waals surface area (Å²) in [5, 5.41) is 18.1. The van der Waals surface area contributed by atoms with Gasteiger partial charge in [-0.05, 0) is 56.0 Å². The van der Waals surface area contributed by atoms with Gasteiger partial charge in [0, 0.05) is 46.5 Å². The summed E-state index contributed by atoms with van der Waals surface area (Å²) in [5.74, 6) is 0. The van der Waals surface area contributed by atoms with Crippen LogP contribution in [0.1, 0.15) is 31.2 Å². The number of pyridine rings is 1. The van der Waals surface area contributed by atoms with Gasteiger partial charge in [-0.3, -0.25) is 4.79 Å². The average molecular weight is 469 g/mol. The van der Waals surface area contributed by atoms with Gasteiger partial charge in [-0.1, -0.05) is 29.8 Å². The Bertz CT molecular complexity index is 1220. The van der Waals surface area contributed by atoms with Gasteiger partial charge in [0.25, 0.3) is 0 Å². The van der Waals surface area contributed by atoms with E-state index >= 15 is 0 Å². The SMILES string of the molecule is O=C(O)NC1CCC(NC(=O)NCc2cn(-c3ccccc3)c3cc(Cl)ccc3c2=O)CC1. The number of nitrogens with zero attached hydrogens (tertiary/aromatic N) is 1. The summed E-state index contributed by atoms with van der Waals surface area (Å²) in [6.07, 6.45) is 3.44. The van der Waals surface area contributed by atoms with Crippen LogP contribution < -0.4 is 21.4 Å². The Morgan fingerprint density at radius 1 is 1.00 bits per heavy atom. The molecule has 4 rings (SSSR count). The van der Waals surface area contributed by atoms with Crippen LogP contribution in [0.3, 0.4) is 0 Å². The summed E-state index contributed by atoms with van der Waals surface area (Å²) in [4.78, 5) is 36.3. The fraction of sp³-hybridized carbons (Fsp3) is 0.292. The molecule has 1 aliphatic rings. The molecule has 0 bridgehead atoms. The Morgan fingerprint density at radius 3 is 2.33 bits per heavy atom. The summed E-state index contributed by atoms with van der Waals surface area (Å²) in [7, 11) is 0. The molecule has 0 aliphatic heterocycles. The molecule has 4 N–H and O–H groups in total. The van der Waals surface area contributed by atoms with Crippen molar-refractivity contribution in [2.45, 2.75) is 44.3 Å². The molecular formula is C24H25ClN4O4. The molecule has 1 heterocycles. The van der Waals surface area contributed by atoms with Gasteiger partial charge in [0.15, 0.2) is 5.43 Å². The second-order valence-electron chi connectivity index (χ2n) is 8.18. The minimum atomic E-state index is -1.03. The van der Waals surface area contributed by atoms with Gasteiger partial charge in [-0.15, -0.1) is 0 Å². The van der Waals surface area contributed by atoms with E-state index in [1.807, 2.05) is 34.9 Å². The first-order valence-corrected chi connectivity index (χ1v) is 11.2. The predicted octanol–water partition coefficient (Wildman–Crippen LogP) is 4.02. The van der Waals surface area contributed by atoms with E-state index in [1.54, 1.807) is 24.4 Å². The summed E-state index contributed by atoms with van der Waals surface area (Å²) >= 11 is 6.19. The third kappa shape index (κ3) is 5.46. The van der Waals surface area contributed by atoms with Crippen LogP contribution in [-0.2, 0) is 6.54 Å². The molecule has 1 aliphatic carbocycles. The molecule has 3 amide bonds. The number of halogens is 1. The summed E-state index contributed by atoms with van der Waals surface area (Å²) in [5.41, 5.74) is 1.87. The van der Waals surface area contributed by atoms with Crippen molar-refractivity contribution in [2.75, 3.05) is 0 Å². The van der Waals surface area contributed by atoms with Gasteiger partial charge in [0.2, 0.25) is 0 Å². The van der Waals surface area contributed by atoms with Crippen LogP contribution >= 0.6 is 11.6 Å². The molecule has 0 unspecified atom stereocenters. The van der Waals surface area contributed by atoms with Crippen LogP contribution in [0.5, 0.6) is 0 Å². The molecule has 2 aromatic carbocycles. The monoisotopic (exact) mass is 468 g/mol. The van der Waals surface area contributed by atoms with E-state index in [-0.39, 0.29) is 30.1 Å². The third-order valence-corrected chi connectivity index (χ3v) is 6.14. The standard InChI is InChI=1S/C24H25ClN4O4/c25-16-6-11-20-21(12-16)29(19-4-2-1-3-5-19)14-15(22(20)30)13-26-23(31)27-17-7-9-18(10-8-17)28-24(32)33/h1-6,11-12,14,17-18,28H,7-10,13H2,(H,32,33)(H2,26,27,31). The fourth-order valence-electron chi connectivity index (χ4n) is 4.25. The lowest BCUT2D eigenvalue weighted by Gasteiger charge is -2.28. The lowest BCUT2D eigenvalue weighted by atomic mass is 9.91. The zero-order valence-corrected chi connectivity index (χ0v) is 18.6. The molecule has 0 saturated heterocycles. The molecule has 172 valence electrons. The number of hydrogen-bond donors (Lipinski definition) is 4. The van der Waals surface area contributed by atoms with Gasteiger partial charge in [-0.25, -0.2) is 9.59 Å². The van der Waals surface area contributed by atoms with Crippen molar-refractivity contribution < 1.29 is 14.7 Å². The highest BCUT2D eigenvalue weighted by molar-refractivity contribution is 6.31. The molecule has 0 radical (unpaired) electrons. The topological polar surface area (TPSA) is 112 Å². The maximum absolute atomic E-state index is 13.1. The Kier molecular flexibility index (Phi) is 6.84. The smallest absolute Gasteiger partial charge is 0.404 e. The highest BCUT2D eigenvalue weighted by Crippen LogP contribution is 2.22. The van der Waals surface area contributed by atoms with Gasteiger partial charge in [0.1, 0.15) is 0 Å². The van der Waals surface area contributed by atoms with Crippen molar-refractivity contribution in [3.63, 3.8) is 0 Å². The first-order valence-electron chi connectivity index (χ1n) is 10.8. The first kappa shape index (κ1) is 22.7. The van der Waals surface area contributed by atoms with E-state index in [2.05, 4.69) is 16.0 Å². The van der Waals surface area contributed by atoms with Gasteiger partial charge >= 0.3 is 12.1 Å². The highest BCUT2D eigenvalue weighted by atomic mass is 35.5. The zero-order valence-electron chi connectivity index (χ0n) is 17.9. The van der Waals surface area contributed by atoms with Crippen LogP contribution in [0.25, 0.3) is 16.6 Å². The number of carbonyl (C=O) groups is 2. The summed E-state index contributed by atoms with van der Waals surface area (Å²) in [6.45, 7) is 0.0754. The molecule has 33 heavy (non-hydrogen) atoms. The number of rotatable bonds is 5. The number of benzene rings is 2. The molecule has 0 atom stereocenters. The fourth-order valence-corrected chi connectivity index (χ4v) is 4.42. The van der Waals surface area contributed by atoms with Crippen LogP contribution in [0, 0.1) is 0 Å². The average Bonchev–Trinajstić information content (AvgIpc) is 2.80. The minimum Gasteiger partial charge on any atom is -0.465 e. The van der Waals surface area contributed by atoms with Crippen LogP contribution in [-0.4, -0.2) is 33.9 Å². The first-order chi connectivity index (χ1) is 15.9. The van der Waals surface area contributed by atoms with E-state index in [4.69, 9.17) is 16.7 Å². The lowest BCUT2D eigenvalue weighted by Crippen LogP contribution is -2.46. The highest BCUT2D eigenvalue weighted by Gasteiger charge is 2.23. The molecule has 1 saturated carbocycles. The number of hydrogen-bond acceptors (Lipinski definition) is 3. The normalized spacial score (nSPS) is 18.0. The number of para-hydroxylation sites is 1. The molecule has 8 nitrogen and oxygen atoms in total. The van der Waals surface area contributed by atoms with Crippen molar-refractivity contribution in [1.29, 1.82) is 0 Å². The quantitative estimate of drug-likeness (QED) is 0.453. The summed E-state index contributed by atoms with van der Waals surface area (Å²) < 4.78 is 1.90. The van der Waals surface area contributed by atoms with Gasteiger partial charge < -0.3 is 25.6 Å². The number of nitrogens with one attached hydrogen (secondary N) is 3. The number of fused-ring (bicyclic) bond motifs is 1. The van der Waals surface area contributed by atoms with E-state index < -0.39 is 6.09 Å². The van der Waals surface area contributed by atoms with Crippen LogP contribution in [0.15, 0.2) is 59.5 Å². The Labute approximate surface area is 195 Å². The Balaban J connectivity index is 1.47. The van der Waals surface area contributed by atoms with Crippen LogP contribution in [0.2, 0.25) is 5.02 Å². The molecule has 1 aromatic heterocycles.